The van der Waals surface area contributed by atoms with Crippen LogP contribution in [0.5, 0.6) is 0 Å². The van der Waals surface area contributed by atoms with Crippen LogP contribution in [-0.4, -0.2) is 149 Å². The van der Waals surface area contributed by atoms with Crippen LogP contribution < -0.4 is 16.0 Å². The van der Waals surface area contributed by atoms with Gasteiger partial charge in [0.1, 0.15) is 46.0 Å². The van der Waals surface area contributed by atoms with Crippen molar-refractivity contribution in [2.24, 2.45) is 11.8 Å². The third-order valence-corrected chi connectivity index (χ3v) is 24.9. The van der Waals surface area contributed by atoms with Crippen molar-refractivity contribution in [1.82, 2.24) is 126 Å². The fourth-order valence-corrected chi connectivity index (χ4v) is 17.4. The Labute approximate surface area is 827 Å². The molecule has 0 radical (unpaired) electrons. The zero-order chi connectivity index (χ0) is 99.6. The van der Waals surface area contributed by atoms with Gasteiger partial charge in [-0.3, -0.25) is 64.5 Å². The number of rotatable bonds is 22. The number of anilines is 3. The number of ketones is 1. The minimum absolute atomic E-state index is 0.0317. The number of hydrogen-bond acceptors (Lipinski definition) is 21. The molecule has 1 aliphatic rings. The van der Waals surface area contributed by atoms with Crippen molar-refractivity contribution in [2.45, 2.75) is 66.2 Å². The van der Waals surface area contributed by atoms with E-state index in [0.717, 1.165) is 129 Å². The maximum absolute atomic E-state index is 14.6. The minimum Gasteiger partial charge on any atom is -0.337 e. The lowest BCUT2D eigenvalue weighted by Crippen LogP contribution is -2.13. The number of imidazole rings is 4. The monoisotopic (exact) mass is 1930 g/mol. The van der Waals surface area contributed by atoms with Gasteiger partial charge in [-0.2, -0.15) is 20.4 Å². The molecule has 0 bridgehead atoms. The number of fused-ring (bicyclic) bond motifs is 8. The van der Waals surface area contributed by atoms with E-state index >= 15 is 0 Å². The largest absolute Gasteiger partial charge is 0.337 e. The predicted octanol–water partition coefficient (Wildman–Crippen LogP) is 22.9. The Bertz CT molecular complexity index is 9130. The van der Waals surface area contributed by atoms with Crippen molar-refractivity contribution in [3.05, 3.63) is 316 Å². The number of carbonyl (C=O) groups is 4. The number of para-hydroxylation sites is 4. The van der Waals surface area contributed by atoms with Gasteiger partial charge in [0.25, 0.3) is 0 Å². The van der Waals surface area contributed by atoms with E-state index in [-0.39, 0.29) is 52.8 Å². The molecule has 0 unspecified atom stereocenters. The normalized spacial score (nSPS) is 11.9. The molecule has 11 N–H and O–H groups in total. The van der Waals surface area contributed by atoms with Gasteiger partial charge in [0.05, 0.1) is 101 Å². The number of aromatic nitrogens is 25. The van der Waals surface area contributed by atoms with Crippen LogP contribution in [0.2, 0.25) is 0 Å². The Morgan fingerprint density at radius 3 is 1.04 bits per heavy atom. The molecule has 0 atom stereocenters. The first-order valence-electron chi connectivity index (χ1n) is 47.1. The fraction of sp³-hybridized carbons (Fsp3) is 0.108. The molecule has 25 rings (SSSR count). The lowest BCUT2D eigenvalue weighted by Gasteiger charge is -2.08. The van der Waals surface area contributed by atoms with Gasteiger partial charge in [-0.05, 0) is 116 Å². The molecule has 146 heavy (non-hydrogen) atoms. The third kappa shape index (κ3) is 19.0. The highest BCUT2D eigenvalue weighted by Crippen LogP contribution is 2.42. The summed E-state index contributed by atoms with van der Waals surface area (Å²) in [6.45, 7) is 7.66. The van der Waals surface area contributed by atoms with Crippen LogP contribution in [0.25, 0.3) is 223 Å². The van der Waals surface area contributed by atoms with E-state index in [0.29, 0.717) is 156 Å². The number of hydrogen-bond donors (Lipinski definition) is 11. The van der Waals surface area contributed by atoms with Crippen LogP contribution in [0.15, 0.2) is 293 Å². The maximum Gasteiger partial charge on any atom is 0.227 e. The summed E-state index contributed by atoms with van der Waals surface area (Å²) in [6, 6.07) is 64.2. The molecule has 1 saturated carbocycles. The quantitative estimate of drug-likeness (QED) is 0.0300. The van der Waals surface area contributed by atoms with E-state index in [1.54, 1.807) is 117 Å². The van der Waals surface area contributed by atoms with Crippen LogP contribution in [0.4, 0.5) is 30.2 Å². The molecular formula is C111H85F3N28O4. The Hall–Kier alpha value is -19.5. The van der Waals surface area contributed by atoms with Gasteiger partial charge in [0.2, 0.25) is 17.7 Å². The predicted molar refractivity (Wildman–Crippen MR) is 556 cm³/mol. The Kier molecular flexibility index (Phi) is 24.9. The highest BCUT2D eigenvalue weighted by Gasteiger charge is 2.31. The molecular weight excluding hydrogens is 1850 g/mol. The highest BCUT2D eigenvalue weighted by molar-refractivity contribution is 6.04. The number of carbonyl (C=O) groups excluding carboxylic acids is 4. The molecule has 0 spiro atoms. The van der Waals surface area contributed by atoms with Crippen molar-refractivity contribution < 1.29 is 32.3 Å². The molecule has 714 valence electrons. The lowest BCUT2D eigenvalue weighted by molar-refractivity contribution is -0.118. The summed E-state index contributed by atoms with van der Waals surface area (Å²) in [4.78, 5) is 120. The zero-order valence-electron chi connectivity index (χ0n) is 78.5. The van der Waals surface area contributed by atoms with Gasteiger partial charge < -0.3 is 35.9 Å². The number of H-pyrrole nitrogens is 8. The summed E-state index contributed by atoms with van der Waals surface area (Å²) in [5.41, 5.74) is 26.1. The number of nitrogens with zero attached hydrogens (tertiary/aromatic N) is 17. The van der Waals surface area contributed by atoms with Crippen molar-refractivity contribution >= 4 is 129 Å². The molecule has 0 saturated heterocycles. The van der Waals surface area contributed by atoms with Crippen LogP contribution in [0.3, 0.4) is 0 Å². The number of pyridine rings is 9. The third-order valence-electron chi connectivity index (χ3n) is 24.9. The summed E-state index contributed by atoms with van der Waals surface area (Å²) in [7, 11) is 0. The molecule has 35 heteroatoms. The van der Waals surface area contributed by atoms with Gasteiger partial charge in [-0.15, -0.1) is 0 Å². The lowest BCUT2D eigenvalue weighted by atomic mass is 10.0. The van der Waals surface area contributed by atoms with Crippen molar-refractivity contribution in [3.8, 4) is 135 Å². The summed E-state index contributed by atoms with van der Waals surface area (Å²) >= 11 is 0. The SMILES string of the molecule is CC(C)CC(=O)Nc1cncc(-c2cnc3n[nH]c(-c4nc5c(-c6ccccc6F)cccc5[nH]4)c3c2)c1.CCC(=O)Cc1ccc(-c2cnc3n[nH]c(-c4nc5c(-c6ccccc6F)cccc5[nH]4)c3c2)cn1.CCC(=O)Nc1cncc(-c2cnc3n[nH]c(-c4nc5c(-c6cccnc6)cccc5[nH]4)c3c2)c1.O=C(Nc1cncc(-c2cnc3n[nH]c(-c4nc5c(-c6ccccc6F)cccc5[nH]4)c3c2)c1)C1CC1. The average molecular weight is 1930 g/mol. The van der Waals surface area contributed by atoms with Crippen molar-refractivity contribution in [2.75, 3.05) is 16.0 Å². The second-order valence-corrected chi connectivity index (χ2v) is 35.4. The average Bonchev–Trinajstić information content (AvgIpc) is 1.62. The number of benzene rings is 7. The first kappa shape index (κ1) is 91.6. The molecule has 17 heterocycles. The minimum atomic E-state index is -0.304. The van der Waals surface area contributed by atoms with Crippen molar-refractivity contribution in [3.63, 3.8) is 0 Å². The van der Waals surface area contributed by atoms with Gasteiger partial charge >= 0.3 is 0 Å². The van der Waals surface area contributed by atoms with Crippen LogP contribution in [0.1, 0.15) is 65.5 Å². The number of amides is 3. The molecule has 1 fully saturated rings. The Balaban J connectivity index is 0.000000111. The van der Waals surface area contributed by atoms with Gasteiger partial charge in [-0.1, -0.05) is 143 Å². The summed E-state index contributed by atoms with van der Waals surface area (Å²) in [6.07, 6.45) is 25.9. The molecule has 32 nitrogen and oxygen atoms in total. The second kappa shape index (κ2) is 39.7. The summed E-state index contributed by atoms with van der Waals surface area (Å²) in [5, 5.41) is 41.5. The second-order valence-electron chi connectivity index (χ2n) is 35.4. The van der Waals surface area contributed by atoms with E-state index in [4.69, 9.17) is 19.9 Å². The van der Waals surface area contributed by atoms with Crippen LogP contribution in [-0.2, 0) is 25.6 Å². The zero-order valence-corrected chi connectivity index (χ0v) is 78.5. The molecule has 17 aromatic heterocycles. The van der Waals surface area contributed by atoms with Crippen molar-refractivity contribution in [1.29, 1.82) is 0 Å². The first-order chi connectivity index (χ1) is 71.4. The molecule has 0 aliphatic heterocycles. The van der Waals surface area contributed by atoms with Gasteiger partial charge in [0.15, 0.2) is 45.9 Å². The van der Waals surface area contributed by atoms with E-state index in [1.165, 1.54) is 18.2 Å². The van der Waals surface area contributed by atoms with E-state index in [2.05, 4.69) is 122 Å². The topological polar surface area (TPSA) is 450 Å². The molecule has 3 amide bonds. The highest BCUT2D eigenvalue weighted by atomic mass is 19.1. The number of nitrogens with one attached hydrogen (secondary N) is 11. The number of aromatic amines is 8. The van der Waals surface area contributed by atoms with Gasteiger partial charge in [-0.25, -0.2) is 53.0 Å². The van der Waals surface area contributed by atoms with E-state index in [1.807, 2.05) is 186 Å². The fourth-order valence-electron chi connectivity index (χ4n) is 17.4. The van der Waals surface area contributed by atoms with Crippen LogP contribution >= 0.6 is 0 Å². The molecule has 7 aromatic carbocycles. The number of Topliss-reactive ketones (excluding diaryl/α,β-unsaturated/α-hetero) is 1. The van der Waals surface area contributed by atoms with E-state index < -0.39 is 0 Å². The molecule has 1 aliphatic carbocycles. The first-order valence-corrected chi connectivity index (χ1v) is 47.1. The number of halogens is 3. The summed E-state index contributed by atoms with van der Waals surface area (Å²) in [5.74, 6) is 1.93. The maximum atomic E-state index is 14.6. The summed E-state index contributed by atoms with van der Waals surface area (Å²) < 4.78 is 43.6. The smallest absolute Gasteiger partial charge is 0.227 e. The van der Waals surface area contributed by atoms with Gasteiger partial charge in [0, 0.05) is 188 Å². The Morgan fingerprint density at radius 2 is 0.685 bits per heavy atom. The standard InChI is InChI=1S/C29H24FN7O.C28H20FN7O.C28H21FN6O.C26H20N8O/c1-16(2)10-25(38)33-19-11-17(13-31-15-19)18-12-22-27(36-37-28(22)32-14-18)29-34-24-9-5-7-21(26(24)35-29)20-6-3-4-8-23(20)30;29-22-6-2-1-4-19(22)20-5-3-7-23-24(20)34-27(33-23)25-21-11-17(13-31-26(21)36-35-25)16-10-18(14-30-12-16)32-28(37)15-8-9-15;1-2-19(36)13-18-11-10-16(14-30-18)17-12-22-26(34-35-27(22)31-15-17)28-32-24-9-5-7-21(25(24)33-28)20-6-3-4-8-23(20)29;1-2-22(35)30-18-9-16(12-28-14-18)17-10-20-24(33-34-25(20)29-13-17)26-31-21-7-3-6-19(23(21)32-26)15-5-4-8-27-11-15/h3-9,11-16H,10H2,1-2H3,(H,33,38)(H,34,35)(H,32,36,37);1-7,10-15H,8-9H2,(H,32,37)(H,33,34)(H,31,35,36);3-12,14-15H,2,13H2,1H3,(H,32,33)(H,31,34,35);3-14H,2H2,1H3,(H,30,35)(H,31,32)(H,29,33,34). The van der Waals surface area contributed by atoms with Crippen LogP contribution in [0, 0.1) is 29.3 Å². The Morgan fingerprint density at radius 1 is 0.336 bits per heavy atom. The van der Waals surface area contributed by atoms with E-state index in [9.17, 15) is 32.3 Å². The molecule has 24 aromatic rings.